The van der Waals surface area contributed by atoms with Crippen molar-refractivity contribution in [3.8, 4) is 0 Å². The molecule has 2 atom stereocenters. The van der Waals surface area contributed by atoms with Gasteiger partial charge in [-0.05, 0) is 20.8 Å². The van der Waals surface area contributed by atoms with E-state index in [1.54, 1.807) is 27.9 Å². The highest BCUT2D eigenvalue weighted by atomic mass is 16.5. The van der Waals surface area contributed by atoms with Gasteiger partial charge < -0.3 is 14.7 Å². The van der Waals surface area contributed by atoms with E-state index in [0.717, 1.165) is 0 Å². The normalized spacial score (nSPS) is 17.1. The fourth-order valence-corrected chi connectivity index (χ4v) is 0.965. The van der Waals surface area contributed by atoms with Crippen LogP contribution in [0.5, 0.6) is 0 Å². The molecule has 11 heavy (non-hydrogen) atoms. The third kappa shape index (κ3) is 2.49. The molecule has 0 unspecified atom stereocenters. The van der Waals surface area contributed by atoms with Gasteiger partial charge in [0.25, 0.3) is 6.04 Å². The van der Waals surface area contributed by atoms with Gasteiger partial charge in [0.05, 0.1) is 0 Å². The van der Waals surface area contributed by atoms with Gasteiger partial charge in [-0.1, -0.05) is 0 Å². The predicted octanol–water partition coefficient (Wildman–Crippen LogP) is 1.08. The number of aliphatic hydroxyl groups is 1. The zero-order valence-corrected chi connectivity index (χ0v) is 7.46. The number of rotatable bonds is 3. The first kappa shape index (κ1) is 10.4. The van der Waals surface area contributed by atoms with Crippen LogP contribution in [-0.2, 0) is 4.74 Å². The second kappa shape index (κ2) is 3.70. The SMILES string of the molecule is [C-]#[N+][C@H]([C@@H](C)O)C(C)(C)OC. The molecule has 3 nitrogen and oxygen atoms in total. The summed E-state index contributed by atoms with van der Waals surface area (Å²) in [5.74, 6) is 0. The van der Waals surface area contributed by atoms with E-state index in [4.69, 9.17) is 11.3 Å². The zero-order chi connectivity index (χ0) is 9.07. The van der Waals surface area contributed by atoms with Crippen molar-refractivity contribution < 1.29 is 9.84 Å². The van der Waals surface area contributed by atoms with E-state index in [9.17, 15) is 5.11 Å². The Labute approximate surface area is 67.8 Å². The Balaban J connectivity index is 4.40. The monoisotopic (exact) mass is 157 g/mol. The van der Waals surface area contributed by atoms with Gasteiger partial charge in [0.15, 0.2) is 0 Å². The Hall–Kier alpha value is -0.590. The number of aliphatic hydroxyl groups excluding tert-OH is 1. The Kier molecular flexibility index (Phi) is 3.50. The summed E-state index contributed by atoms with van der Waals surface area (Å²) in [6, 6.07) is -0.493. The third-order valence-corrected chi connectivity index (χ3v) is 1.83. The van der Waals surface area contributed by atoms with Crippen molar-refractivity contribution in [2.45, 2.75) is 38.5 Å². The average molecular weight is 157 g/mol. The highest BCUT2D eigenvalue weighted by Gasteiger charge is 2.38. The Morgan fingerprint density at radius 1 is 1.55 bits per heavy atom. The van der Waals surface area contributed by atoms with Gasteiger partial charge in [0.2, 0.25) is 0 Å². The van der Waals surface area contributed by atoms with Crippen LogP contribution >= 0.6 is 0 Å². The summed E-state index contributed by atoms with van der Waals surface area (Å²) in [5, 5.41) is 9.19. The molecule has 0 aliphatic rings. The minimum atomic E-state index is -0.651. The van der Waals surface area contributed by atoms with Gasteiger partial charge >= 0.3 is 0 Å². The zero-order valence-electron chi connectivity index (χ0n) is 7.46. The molecular weight excluding hydrogens is 142 g/mol. The molecule has 0 bridgehead atoms. The summed E-state index contributed by atoms with van der Waals surface area (Å²) in [6.07, 6.45) is -0.651. The highest BCUT2D eigenvalue weighted by Crippen LogP contribution is 2.19. The standard InChI is InChI=1S/C8H15NO2/c1-6(10)7(9-4)8(2,3)11-5/h6-7,10H,1-3,5H3/t6-,7-/m1/s1. The van der Waals surface area contributed by atoms with E-state index >= 15 is 0 Å². The van der Waals surface area contributed by atoms with Crippen LogP contribution in [0.15, 0.2) is 0 Å². The van der Waals surface area contributed by atoms with Crippen LogP contribution in [0.1, 0.15) is 20.8 Å². The molecule has 0 spiro atoms. The van der Waals surface area contributed by atoms with Crippen molar-refractivity contribution in [3.05, 3.63) is 11.4 Å². The maximum absolute atomic E-state index is 9.19. The van der Waals surface area contributed by atoms with E-state index in [2.05, 4.69) is 4.85 Å². The van der Waals surface area contributed by atoms with Crippen molar-refractivity contribution in [3.63, 3.8) is 0 Å². The smallest absolute Gasteiger partial charge is 0.276 e. The second-order valence-corrected chi connectivity index (χ2v) is 3.12. The van der Waals surface area contributed by atoms with Gasteiger partial charge in [-0.25, -0.2) is 6.57 Å². The van der Waals surface area contributed by atoms with Crippen LogP contribution in [0.2, 0.25) is 0 Å². The van der Waals surface area contributed by atoms with Crippen LogP contribution in [0.25, 0.3) is 4.85 Å². The summed E-state index contributed by atoms with van der Waals surface area (Å²) in [5.41, 5.74) is -0.573. The van der Waals surface area contributed by atoms with E-state index < -0.39 is 17.7 Å². The van der Waals surface area contributed by atoms with Gasteiger partial charge in [-0.15, -0.1) is 0 Å². The van der Waals surface area contributed by atoms with Crippen molar-refractivity contribution >= 4 is 0 Å². The fraction of sp³-hybridized carbons (Fsp3) is 0.875. The molecule has 64 valence electrons. The first-order chi connectivity index (χ1) is 4.95. The maximum atomic E-state index is 9.19. The molecule has 0 saturated heterocycles. The Morgan fingerprint density at radius 2 is 2.00 bits per heavy atom. The summed E-state index contributed by atoms with van der Waals surface area (Å²) in [4.78, 5) is 3.31. The molecule has 0 amide bonds. The minimum absolute atomic E-state index is 0.493. The highest BCUT2D eigenvalue weighted by molar-refractivity contribution is 4.97. The second-order valence-electron chi connectivity index (χ2n) is 3.12. The summed E-state index contributed by atoms with van der Waals surface area (Å²) < 4.78 is 5.08. The van der Waals surface area contributed by atoms with Crippen LogP contribution in [0.4, 0.5) is 0 Å². The van der Waals surface area contributed by atoms with E-state index in [1.165, 1.54) is 0 Å². The van der Waals surface area contributed by atoms with Crippen LogP contribution in [0.3, 0.4) is 0 Å². The molecule has 0 aromatic rings. The molecule has 3 heteroatoms. The summed E-state index contributed by atoms with van der Waals surface area (Å²) >= 11 is 0. The van der Waals surface area contributed by atoms with Crippen molar-refractivity contribution in [1.29, 1.82) is 0 Å². The van der Waals surface area contributed by atoms with E-state index in [0.29, 0.717) is 0 Å². The first-order valence-corrected chi connectivity index (χ1v) is 3.55. The average Bonchev–Trinajstić information content (AvgIpc) is 1.88. The molecule has 0 aromatic heterocycles. The number of hydrogen-bond acceptors (Lipinski definition) is 2. The van der Waals surface area contributed by atoms with Gasteiger partial charge in [0.1, 0.15) is 11.7 Å². The molecule has 1 N–H and O–H groups in total. The van der Waals surface area contributed by atoms with Gasteiger partial charge in [-0.3, -0.25) is 0 Å². The fourth-order valence-electron chi connectivity index (χ4n) is 0.965. The molecule has 0 heterocycles. The minimum Gasteiger partial charge on any atom is -0.385 e. The van der Waals surface area contributed by atoms with Crippen molar-refractivity contribution in [2.24, 2.45) is 0 Å². The first-order valence-electron chi connectivity index (χ1n) is 3.55. The lowest BCUT2D eigenvalue weighted by molar-refractivity contribution is -0.0217. The molecule has 0 rings (SSSR count). The Bertz CT molecular complexity index is 158. The topological polar surface area (TPSA) is 33.8 Å². The molecule has 0 aromatic carbocycles. The lowest BCUT2D eigenvalue weighted by Crippen LogP contribution is -2.42. The van der Waals surface area contributed by atoms with Crippen molar-refractivity contribution in [1.82, 2.24) is 0 Å². The quantitative estimate of drug-likeness (QED) is 0.622. The lowest BCUT2D eigenvalue weighted by atomic mass is 9.95. The van der Waals surface area contributed by atoms with Crippen LogP contribution in [-0.4, -0.2) is 30.0 Å². The molecular formula is C8H15NO2. The van der Waals surface area contributed by atoms with Gasteiger partial charge in [-0.2, -0.15) is 0 Å². The van der Waals surface area contributed by atoms with Gasteiger partial charge in [0, 0.05) is 7.11 Å². The summed E-state index contributed by atoms with van der Waals surface area (Å²) in [6.45, 7) is 12.0. The number of nitrogens with zero attached hydrogens (tertiary/aromatic N) is 1. The van der Waals surface area contributed by atoms with E-state index in [1.807, 2.05) is 0 Å². The van der Waals surface area contributed by atoms with Crippen LogP contribution in [0, 0.1) is 6.57 Å². The molecule has 0 aliphatic heterocycles. The van der Waals surface area contributed by atoms with E-state index in [-0.39, 0.29) is 0 Å². The molecule has 0 fully saturated rings. The number of hydrogen-bond donors (Lipinski definition) is 1. The lowest BCUT2D eigenvalue weighted by Gasteiger charge is -2.25. The number of ether oxygens (including phenoxy) is 1. The third-order valence-electron chi connectivity index (χ3n) is 1.83. The largest absolute Gasteiger partial charge is 0.385 e. The molecule has 0 aliphatic carbocycles. The summed E-state index contributed by atoms with van der Waals surface area (Å²) in [7, 11) is 1.54. The molecule has 0 saturated carbocycles. The predicted molar refractivity (Wildman–Crippen MR) is 43.2 cm³/mol. The van der Waals surface area contributed by atoms with Crippen LogP contribution < -0.4 is 0 Å². The maximum Gasteiger partial charge on any atom is 0.276 e. The number of methoxy groups -OCH3 is 1. The van der Waals surface area contributed by atoms with Crippen molar-refractivity contribution in [2.75, 3.05) is 7.11 Å². The Morgan fingerprint density at radius 3 is 2.09 bits per heavy atom. The molecule has 0 radical (unpaired) electrons.